The van der Waals surface area contributed by atoms with E-state index in [2.05, 4.69) is 0 Å². The van der Waals surface area contributed by atoms with E-state index in [1.54, 1.807) is 6.07 Å². The SMILES string of the molecule is Cc1cc(C)c2c(c1)C(=O)C(=O)N2CCCC(=O)NN. The van der Waals surface area contributed by atoms with Crippen LogP contribution in [0.4, 0.5) is 5.69 Å². The van der Waals surface area contributed by atoms with Crippen molar-refractivity contribution in [3.63, 3.8) is 0 Å². The van der Waals surface area contributed by atoms with Crippen LogP contribution in [0.25, 0.3) is 0 Å². The number of carbonyl (C=O) groups excluding carboxylic acids is 3. The molecule has 0 bridgehead atoms. The molecule has 1 aromatic rings. The summed E-state index contributed by atoms with van der Waals surface area (Å²) < 4.78 is 0. The Hall–Kier alpha value is -2.21. The molecule has 6 nitrogen and oxygen atoms in total. The number of Topliss-reactive ketones (excluding diaryl/α,β-unsaturated/α-hetero) is 1. The number of nitrogens with zero attached hydrogens (tertiary/aromatic N) is 1. The van der Waals surface area contributed by atoms with Gasteiger partial charge in [-0.05, 0) is 37.5 Å². The summed E-state index contributed by atoms with van der Waals surface area (Å²) in [6, 6.07) is 3.67. The number of fused-ring (bicyclic) bond motifs is 1. The second-order valence-electron chi connectivity index (χ2n) is 4.93. The summed E-state index contributed by atoms with van der Waals surface area (Å²) in [5.41, 5.74) is 5.00. The van der Waals surface area contributed by atoms with Crippen LogP contribution in [0, 0.1) is 13.8 Å². The summed E-state index contributed by atoms with van der Waals surface area (Å²) in [7, 11) is 0. The molecule has 1 heterocycles. The quantitative estimate of drug-likeness (QED) is 0.364. The highest BCUT2D eigenvalue weighted by molar-refractivity contribution is 6.52. The van der Waals surface area contributed by atoms with Crippen molar-refractivity contribution >= 4 is 23.3 Å². The van der Waals surface area contributed by atoms with E-state index in [1.807, 2.05) is 25.3 Å². The lowest BCUT2D eigenvalue weighted by atomic mass is 10.0. The van der Waals surface area contributed by atoms with Crippen molar-refractivity contribution in [3.8, 4) is 0 Å². The van der Waals surface area contributed by atoms with E-state index in [1.165, 1.54) is 4.90 Å². The van der Waals surface area contributed by atoms with Crippen LogP contribution in [0.3, 0.4) is 0 Å². The number of amides is 2. The number of hydrogen-bond donors (Lipinski definition) is 2. The van der Waals surface area contributed by atoms with Crippen molar-refractivity contribution in [1.82, 2.24) is 5.43 Å². The predicted octanol–water partition coefficient (Wildman–Crippen LogP) is 0.603. The third kappa shape index (κ3) is 2.42. The van der Waals surface area contributed by atoms with Gasteiger partial charge >= 0.3 is 0 Å². The molecule has 1 aliphatic rings. The topological polar surface area (TPSA) is 92.5 Å². The summed E-state index contributed by atoms with van der Waals surface area (Å²) in [5, 5.41) is 0. The van der Waals surface area contributed by atoms with Gasteiger partial charge in [-0.1, -0.05) is 6.07 Å². The number of hydrazine groups is 1. The maximum atomic E-state index is 12.0. The van der Waals surface area contributed by atoms with Crippen molar-refractivity contribution in [2.24, 2.45) is 5.84 Å². The number of hydrogen-bond acceptors (Lipinski definition) is 4. The molecule has 0 saturated carbocycles. The first-order valence-electron chi connectivity index (χ1n) is 6.42. The summed E-state index contributed by atoms with van der Waals surface area (Å²) in [6.07, 6.45) is 0.670. The number of aryl methyl sites for hydroxylation is 2. The Bertz CT molecular complexity index is 596. The zero-order chi connectivity index (χ0) is 14.9. The molecule has 0 fully saturated rings. The molecule has 0 atom stereocenters. The fourth-order valence-electron chi connectivity index (χ4n) is 2.51. The Morgan fingerprint density at radius 1 is 1.30 bits per heavy atom. The minimum atomic E-state index is -0.526. The summed E-state index contributed by atoms with van der Waals surface area (Å²) in [5.74, 6) is 3.71. The van der Waals surface area contributed by atoms with Gasteiger partial charge < -0.3 is 4.90 Å². The molecule has 0 spiro atoms. The fraction of sp³-hybridized carbons (Fsp3) is 0.357. The van der Waals surface area contributed by atoms with E-state index in [4.69, 9.17) is 5.84 Å². The van der Waals surface area contributed by atoms with E-state index in [0.717, 1.165) is 11.1 Å². The molecule has 6 heteroatoms. The van der Waals surface area contributed by atoms with E-state index in [-0.39, 0.29) is 12.3 Å². The Morgan fingerprint density at radius 3 is 2.65 bits per heavy atom. The summed E-state index contributed by atoms with van der Waals surface area (Å²) in [6.45, 7) is 4.09. The number of carbonyl (C=O) groups is 3. The van der Waals surface area contributed by atoms with E-state index < -0.39 is 11.7 Å². The van der Waals surface area contributed by atoms with Gasteiger partial charge in [-0.3, -0.25) is 19.8 Å². The molecule has 0 unspecified atom stereocenters. The maximum Gasteiger partial charge on any atom is 0.299 e. The molecule has 20 heavy (non-hydrogen) atoms. The smallest absolute Gasteiger partial charge is 0.299 e. The van der Waals surface area contributed by atoms with Crippen LogP contribution in [0.5, 0.6) is 0 Å². The molecule has 3 N–H and O–H groups in total. The third-order valence-corrected chi connectivity index (χ3v) is 3.35. The van der Waals surface area contributed by atoms with Crippen LogP contribution in [0.2, 0.25) is 0 Å². The van der Waals surface area contributed by atoms with Crippen molar-refractivity contribution in [2.45, 2.75) is 26.7 Å². The lowest BCUT2D eigenvalue weighted by Crippen LogP contribution is -2.33. The zero-order valence-corrected chi connectivity index (χ0v) is 11.5. The van der Waals surface area contributed by atoms with Crippen LogP contribution in [0.1, 0.15) is 34.3 Å². The average Bonchev–Trinajstić information content (AvgIpc) is 2.64. The molecule has 1 aliphatic heterocycles. The normalized spacial score (nSPS) is 13.7. The first kappa shape index (κ1) is 14.2. The monoisotopic (exact) mass is 275 g/mol. The molecular weight excluding hydrogens is 258 g/mol. The van der Waals surface area contributed by atoms with E-state index in [9.17, 15) is 14.4 Å². The first-order chi connectivity index (χ1) is 9.45. The van der Waals surface area contributed by atoms with Crippen LogP contribution in [0.15, 0.2) is 12.1 Å². The number of nitrogens with two attached hydrogens (primary N) is 1. The van der Waals surface area contributed by atoms with Gasteiger partial charge in [0.15, 0.2) is 0 Å². The molecule has 0 radical (unpaired) electrons. The number of ketones is 1. The van der Waals surface area contributed by atoms with Crippen molar-refractivity contribution in [1.29, 1.82) is 0 Å². The summed E-state index contributed by atoms with van der Waals surface area (Å²) >= 11 is 0. The molecule has 106 valence electrons. The van der Waals surface area contributed by atoms with Gasteiger partial charge in [0.25, 0.3) is 11.7 Å². The number of anilines is 1. The zero-order valence-electron chi connectivity index (χ0n) is 11.5. The highest BCUT2D eigenvalue weighted by Crippen LogP contribution is 2.33. The maximum absolute atomic E-state index is 12.0. The second-order valence-corrected chi connectivity index (χ2v) is 4.93. The third-order valence-electron chi connectivity index (χ3n) is 3.35. The minimum Gasteiger partial charge on any atom is -0.304 e. The van der Waals surface area contributed by atoms with E-state index in [0.29, 0.717) is 24.2 Å². The molecule has 2 amide bonds. The minimum absolute atomic E-state index is 0.217. The Labute approximate surface area is 116 Å². The van der Waals surface area contributed by atoms with Gasteiger partial charge in [-0.2, -0.15) is 0 Å². The van der Waals surface area contributed by atoms with Crippen molar-refractivity contribution in [3.05, 3.63) is 28.8 Å². The van der Waals surface area contributed by atoms with Gasteiger partial charge in [0, 0.05) is 13.0 Å². The van der Waals surface area contributed by atoms with Crippen LogP contribution >= 0.6 is 0 Å². The fourth-order valence-corrected chi connectivity index (χ4v) is 2.51. The van der Waals surface area contributed by atoms with Gasteiger partial charge in [-0.25, -0.2) is 5.84 Å². The van der Waals surface area contributed by atoms with Crippen LogP contribution in [-0.2, 0) is 9.59 Å². The van der Waals surface area contributed by atoms with Crippen LogP contribution < -0.4 is 16.2 Å². The van der Waals surface area contributed by atoms with Crippen molar-refractivity contribution < 1.29 is 14.4 Å². The van der Waals surface area contributed by atoms with Crippen molar-refractivity contribution in [2.75, 3.05) is 11.4 Å². The Balaban J connectivity index is 2.22. The number of rotatable bonds is 4. The number of nitrogens with one attached hydrogen (secondary N) is 1. The Morgan fingerprint density at radius 2 is 2.00 bits per heavy atom. The Kier molecular flexibility index (Phi) is 3.85. The highest BCUT2D eigenvalue weighted by Gasteiger charge is 2.36. The number of benzene rings is 1. The molecular formula is C14H17N3O3. The average molecular weight is 275 g/mol. The van der Waals surface area contributed by atoms with Gasteiger partial charge in [0.1, 0.15) is 0 Å². The van der Waals surface area contributed by atoms with E-state index >= 15 is 0 Å². The molecule has 1 aromatic carbocycles. The lowest BCUT2D eigenvalue weighted by molar-refractivity contribution is -0.121. The van der Waals surface area contributed by atoms with Gasteiger partial charge in [0.05, 0.1) is 11.3 Å². The molecule has 2 rings (SSSR count). The van der Waals surface area contributed by atoms with Gasteiger partial charge in [0.2, 0.25) is 5.91 Å². The standard InChI is InChI=1S/C14H17N3O3/c1-8-6-9(2)12-10(7-8)13(19)14(20)17(12)5-3-4-11(18)16-15/h6-7H,3-5,15H2,1-2H3,(H,16,18). The van der Waals surface area contributed by atoms with Crippen LogP contribution in [-0.4, -0.2) is 24.1 Å². The highest BCUT2D eigenvalue weighted by atomic mass is 16.2. The molecule has 0 aromatic heterocycles. The second kappa shape index (κ2) is 5.42. The largest absolute Gasteiger partial charge is 0.304 e. The molecule has 0 saturated heterocycles. The predicted molar refractivity (Wildman–Crippen MR) is 74.2 cm³/mol. The van der Waals surface area contributed by atoms with Gasteiger partial charge in [-0.15, -0.1) is 0 Å². The first-order valence-corrected chi connectivity index (χ1v) is 6.42. The molecule has 0 aliphatic carbocycles. The summed E-state index contributed by atoms with van der Waals surface area (Å²) in [4.78, 5) is 36.5. The lowest BCUT2D eigenvalue weighted by Gasteiger charge is -2.18.